The molecule has 1 aliphatic carbocycles. The number of methoxy groups -OCH3 is 1. The van der Waals surface area contributed by atoms with Crippen LogP contribution in [0.5, 0.6) is 0 Å². The highest BCUT2D eigenvalue weighted by Crippen LogP contribution is 2.34. The molecule has 1 saturated carbocycles. The first-order valence-electron chi connectivity index (χ1n) is 8.07. The van der Waals surface area contributed by atoms with E-state index in [0.29, 0.717) is 12.0 Å². The summed E-state index contributed by atoms with van der Waals surface area (Å²) in [6.07, 6.45) is 5.21. The van der Waals surface area contributed by atoms with E-state index in [2.05, 4.69) is 18.7 Å². The third-order valence-electron chi connectivity index (χ3n) is 5.20. The maximum atomic E-state index is 6.42. The lowest BCUT2D eigenvalue weighted by Crippen LogP contribution is -2.49. The molecule has 3 nitrogen and oxygen atoms in total. The van der Waals surface area contributed by atoms with E-state index in [0.717, 1.165) is 24.4 Å². The Balaban J connectivity index is 1.85. The van der Waals surface area contributed by atoms with E-state index >= 15 is 0 Å². The van der Waals surface area contributed by atoms with Gasteiger partial charge in [0.05, 0.1) is 6.61 Å². The van der Waals surface area contributed by atoms with E-state index in [1.807, 2.05) is 7.11 Å². The molecule has 2 aliphatic rings. The summed E-state index contributed by atoms with van der Waals surface area (Å²) in [6.45, 7) is 9.33. The SMILES string of the molecule is COCC1CCCN(CC2C(C)CC(C)CC2N)C1. The number of rotatable bonds is 4. The molecule has 1 saturated heterocycles. The van der Waals surface area contributed by atoms with Gasteiger partial charge in [-0.25, -0.2) is 0 Å². The number of ether oxygens (including phenoxy) is 1. The van der Waals surface area contributed by atoms with Gasteiger partial charge in [-0.05, 0) is 55.9 Å². The molecule has 0 aromatic heterocycles. The minimum Gasteiger partial charge on any atom is -0.384 e. The molecule has 1 aliphatic heterocycles. The maximum absolute atomic E-state index is 6.42. The van der Waals surface area contributed by atoms with Crippen LogP contribution in [0.2, 0.25) is 0 Å². The quantitative estimate of drug-likeness (QED) is 0.850. The van der Waals surface area contributed by atoms with E-state index in [1.165, 1.54) is 45.3 Å². The molecule has 0 aromatic rings. The molecule has 1 heterocycles. The molecule has 0 bridgehead atoms. The number of likely N-dealkylation sites (tertiary alicyclic amines) is 1. The van der Waals surface area contributed by atoms with Crippen molar-refractivity contribution in [3.8, 4) is 0 Å². The first-order valence-corrected chi connectivity index (χ1v) is 8.07. The van der Waals surface area contributed by atoms with Crippen LogP contribution in [0.4, 0.5) is 0 Å². The summed E-state index contributed by atoms with van der Waals surface area (Å²) in [5.74, 6) is 3.01. The van der Waals surface area contributed by atoms with Crippen molar-refractivity contribution in [1.82, 2.24) is 4.90 Å². The van der Waals surface area contributed by atoms with Gasteiger partial charge in [-0.2, -0.15) is 0 Å². The highest BCUT2D eigenvalue weighted by Gasteiger charge is 2.33. The van der Waals surface area contributed by atoms with E-state index < -0.39 is 0 Å². The zero-order valence-corrected chi connectivity index (χ0v) is 13.0. The Morgan fingerprint density at radius 2 is 2.05 bits per heavy atom. The summed E-state index contributed by atoms with van der Waals surface area (Å²) >= 11 is 0. The number of nitrogens with zero attached hydrogens (tertiary/aromatic N) is 1. The number of piperidine rings is 1. The second kappa shape index (κ2) is 7.05. The average molecular weight is 268 g/mol. The van der Waals surface area contributed by atoms with Crippen molar-refractivity contribution in [2.45, 2.75) is 45.6 Å². The Morgan fingerprint density at radius 3 is 2.74 bits per heavy atom. The molecule has 19 heavy (non-hydrogen) atoms. The highest BCUT2D eigenvalue weighted by molar-refractivity contribution is 4.88. The topological polar surface area (TPSA) is 38.5 Å². The lowest BCUT2D eigenvalue weighted by molar-refractivity contribution is 0.0600. The van der Waals surface area contributed by atoms with Crippen LogP contribution in [-0.4, -0.2) is 44.3 Å². The van der Waals surface area contributed by atoms with Crippen LogP contribution in [0.3, 0.4) is 0 Å². The molecule has 2 rings (SSSR count). The fraction of sp³-hybridized carbons (Fsp3) is 1.00. The van der Waals surface area contributed by atoms with Crippen molar-refractivity contribution >= 4 is 0 Å². The second-order valence-corrected chi connectivity index (χ2v) is 7.10. The van der Waals surface area contributed by atoms with E-state index in [1.54, 1.807) is 0 Å². The van der Waals surface area contributed by atoms with Crippen LogP contribution in [0.1, 0.15) is 39.5 Å². The Labute approximate surface area is 118 Å². The standard InChI is InChI=1S/C16H32N2O/c1-12-7-13(2)15(16(17)8-12)10-18-6-4-5-14(9-18)11-19-3/h12-16H,4-11,17H2,1-3H3. The second-order valence-electron chi connectivity index (χ2n) is 7.10. The molecule has 5 atom stereocenters. The van der Waals surface area contributed by atoms with E-state index in [9.17, 15) is 0 Å². The Kier molecular flexibility index (Phi) is 5.67. The normalized spacial score (nSPS) is 41.4. The predicted octanol–water partition coefficient (Wildman–Crippen LogP) is 2.35. The van der Waals surface area contributed by atoms with Crippen molar-refractivity contribution < 1.29 is 4.74 Å². The van der Waals surface area contributed by atoms with Gasteiger partial charge in [-0.1, -0.05) is 13.8 Å². The Hall–Kier alpha value is -0.120. The van der Waals surface area contributed by atoms with Crippen molar-refractivity contribution in [3.05, 3.63) is 0 Å². The zero-order valence-electron chi connectivity index (χ0n) is 13.0. The van der Waals surface area contributed by atoms with Crippen LogP contribution < -0.4 is 5.73 Å². The molecule has 0 spiro atoms. The van der Waals surface area contributed by atoms with Gasteiger partial charge in [0, 0.05) is 26.2 Å². The first-order chi connectivity index (χ1) is 9.10. The van der Waals surface area contributed by atoms with Crippen molar-refractivity contribution in [2.75, 3.05) is 33.4 Å². The molecular weight excluding hydrogens is 236 g/mol. The Bertz CT molecular complexity index is 257. The van der Waals surface area contributed by atoms with Crippen LogP contribution in [0.15, 0.2) is 0 Å². The molecule has 2 N–H and O–H groups in total. The molecule has 3 heteroatoms. The molecule has 0 aromatic carbocycles. The van der Waals surface area contributed by atoms with Crippen molar-refractivity contribution in [2.24, 2.45) is 29.4 Å². The minimum atomic E-state index is 0.404. The van der Waals surface area contributed by atoms with Crippen molar-refractivity contribution in [1.29, 1.82) is 0 Å². The summed E-state index contributed by atoms with van der Waals surface area (Å²) < 4.78 is 5.32. The molecule has 112 valence electrons. The van der Waals surface area contributed by atoms with Gasteiger partial charge in [-0.15, -0.1) is 0 Å². The first kappa shape index (κ1) is 15.3. The Morgan fingerprint density at radius 1 is 1.26 bits per heavy atom. The average Bonchev–Trinajstić information content (AvgIpc) is 2.35. The van der Waals surface area contributed by atoms with Crippen LogP contribution in [-0.2, 0) is 4.74 Å². The van der Waals surface area contributed by atoms with Crippen LogP contribution >= 0.6 is 0 Å². The van der Waals surface area contributed by atoms with Gasteiger partial charge in [0.15, 0.2) is 0 Å². The lowest BCUT2D eigenvalue weighted by atomic mass is 9.72. The zero-order chi connectivity index (χ0) is 13.8. The summed E-state index contributed by atoms with van der Waals surface area (Å²) in [5.41, 5.74) is 6.42. The summed E-state index contributed by atoms with van der Waals surface area (Å²) in [6, 6.07) is 0.404. The number of hydrogen-bond donors (Lipinski definition) is 1. The monoisotopic (exact) mass is 268 g/mol. The van der Waals surface area contributed by atoms with Gasteiger partial charge in [0.25, 0.3) is 0 Å². The van der Waals surface area contributed by atoms with Gasteiger partial charge in [-0.3, -0.25) is 0 Å². The molecule has 2 fully saturated rings. The smallest absolute Gasteiger partial charge is 0.0502 e. The third kappa shape index (κ3) is 4.17. The van der Waals surface area contributed by atoms with Gasteiger partial charge in [0.1, 0.15) is 0 Å². The fourth-order valence-corrected chi connectivity index (χ4v) is 4.27. The summed E-state index contributed by atoms with van der Waals surface area (Å²) in [7, 11) is 1.82. The van der Waals surface area contributed by atoms with E-state index in [4.69, 9.17) is 10.5 Å². The van der Waals surface area contributed by atoms with E-state index in [-0.39, 0.29) is 0 Å². The highest BCUT2D eigenvalue weighted by atomic mass is 16.5. The summed E-state index contributed by atoms with van der Waals surface area (Å²) in [5, 5.41) is 0. The van der Waals surface area contributed by atoms with Gasteiger partial charge >= 0.3 is 0 Å². The largest absolute Gasteiger partial charge is 0.384 e. The third-order valence-corrected chi connectivity index (χ3v) is 5.20. The van der Waals surface area contributed by atoms with Gasteiger partial charge < -0.3 is 15.4 Å². The van der Waals surface area contributed by atoms with Gasteiger partial charge in [0.2, 0.25) is 0 Å². The summed E-state index contributed by atoms with van der Waals surface area (Å²) in [4.78, 5) is 2.64. The van der Waals surface area contributed by atoms with Crippen molar-refractivity contribution in [3.63, 3.8) is 0 Å². The molecule has 0 amide bonds. The maximum Gasteiger partial charge on any atom is 0.0502 e. The number of hydrogen-bond acceptors (Lipinski definition) is 3. The predicted molar refractivity (Wildman–Crippen MR) is 80.1 cm³/mol. The molecule has 5 unspecified atom stereocenters. The minimum absolute atomic E-state index is 0.404. The van der Waals surface area contributed by atoms with Crippen LogP contribution in [0, 0.1) is 23.7 Å². The molecule has 0 radical (unpaired) electrons. The fourth-order valence-electron chi connectivity index (χ4n) is 4.27. The van der Waals surface area contributed by atoms with Crippen LogP contribution in [0.25, 0.3) is 0 Å². The lowest BCUT2D eigenvalue weighted by Gasteiger charge is -2.42. The molecular formula is C16H32N2O. The number of nitrogens with two attached hydrogens (primary N) is 1.